The molecule has 0 aliphatic heterocycles. The summed E-state index contributed by atoms with van der Waals surface area (Å²) in [5.74, 6) is 4.14. The van der Waals surface area contributed by atoms with Crippen LogP contribution in [0.3, 0.4) is 0 Å². The van der Waals surface area contributed by atoms with Crippen molar-refractivity contribution in [3.8, 4) is 11.5 Å². The van der Waals surface area contributed by atoms with Gasteiger partial charge in [0.05, 0.1) is 10.3 Å². The fourth-order valence-electron chi connectivity index (χ4n) is 6.86. The molecule has 30 heavy (non-hydrogen) atoms. The molecule has 2 aromatic carbocycles. The Morgan fingerprint density at radius 1 is 0.900 bits per heavy atom. The number of fused-ring (bicyclic) bond motifs is 1. The van der Waals surface area contributed by atoms with E-state index in [1.807, 2.05) is 0 Å². The van der Waals surface area contributed by atoms with Crippen molar-refractivity contribution >= 4 is 16.5 Å². The number of non-ortho nitro benzene ring substituents is 1. The van der Waals surface area contributed by atoms with Crippen molar-refractivity contribution in [2.75, 3.05) is 0 Å². The molecule has 0 radical (unpaired) electrons. The Labute approximate surface area is 175 Å². The molecule has 1 aromatic heterocycles. The molecule has 0 N–H and O–H groups in total. The second-order valence-electron chi connectivity index (χ2n) is 9.59. The minimum absolute atomic E-state index is 0.0441. The summed E-state index contributed by atoms with van der Waals surface area (Å²) < 4.78 is 6.15. The molecule has 7 rings (SSSR count). The van der Waals surface area contributed by atoms with Gasteiger partial charge in [-0.15, -0.1) is 0 Å². The van der Waals surface area contributed by atoms with Gasteiger partial charge in [0.15, 0.2) is 0 Å². The lowest BCUT2D eigenvalue weighted by Crippen LogP contribution is -2.48. The summed E-state index contributed by atoms with van der Waals surface area (Å²) in [5, 5.41) is 12.5. The van der Waals surface area contributed by atoms with Crippen molar-refractivity contribution in [2.45, 2.75) is 43.9 Å². The van der Waals surface area contributed by atoms with Crippen molar-refractivity contribution in [2.24, 2.45) is 17.8 Å². The van der Waals surface area contributed by atoms with Gasteiger partial charge in [0.2, 0.25) is 0 Å². The van der Waals surface area contributed by atoms with Crippen LogP contribution in [0.2, 0.25) is 0 Å². The summed E-state index contributed by atoms with van der Waals surface area (Å²) in [4.78, 5) is 15.0. The summed E-state index contributed by atoms with van der Waals surface area (Å²) in [6.07, 6.45) is 11.5. The Balaban J connectivity index is 1.30. The number of hydrogen-bond acceptors (Lipinski definition) is 4. The molecule has 152 valence electrons. The number of aromatic nitrogens is 1. The first-order valence-corrected chi connectivity index (χ1v) is 10.9. The summed E-state index contributed by atoms with van der Waals surface area (Å²) >= 11 is 0. The zero-order valence-corrected chi connectivity index (χ0v) is 16.8. The number of nitro benzene ring substituents is 1. The molecule has 0 saturated heterocycles. The average Bonchev–Trinajstić information content (AvgIpc) is 2.73. The molecule has 5 nitrogen and oxygen atoms in total. The molecule has 0 unspecified atom stereocenters. The molecule has 0 spiro atoms. The third-order valence-corrected chi connectivity index (χ3v) is 7.68. The van der Waals surface area contributed by atoms with Crippen molar-refractivity contribution in [1.82, 2.24) is 4.98 Å². The van der Waals surface area contributed by atoms with E-state index in [4.69, 9.17) is 4.74 Å². The zero-order chi connectivity index (χ0) is 20.3. The monoisotopic (exact) mass is 400 g/mol. The van der Waals surface area contributed by atoms with E-state index in [9.17, 15) is 10.1 Å². The highest BCUT2D eigenvalue weighted by atomic mass is 16.6. The highest BCUT2D eigenvalue weighted by Gasteiger charge is 2.51. The molecule has 3 aromatic rings. The maximum atomic E-state index is 11.3. The molecule has 4 saturated carbocycles. The number of hydrogen-bond donors (Lipinski definition) is 0. The summed E-state index contributed by atoms with van der Waals surface area (Å²) in [5.41, 5.74) is 1.88. The van der Waals surface area contributed by atoms with Crippen molar-refractivity contribution in [1.29, 1.82) is 0 Å². The molecule has 4 aliphatic carbocycles. The number of nitrogens with zero attached hydrogens (tertiary/aromatic N) is 2. The zero-order valence-electron chi connectivity index (χ0n) is 16.8. The Kier molecular flexibility index (Phi) is 3.89. The highest BCUT2D eigenvalue weighted by molar-refractivity contribution is 5.94. The number of benzene rings is 2. The quantitative estimate of drug-likeness (QED) is 0.375. The third-order valence-electron chi connectivity index (χ3n) is 7.68. The normalized spacial score (nSPS) is 29.3. The summed E-state index contributed by atoms with van der Waals surface area (Å²) in [6, 6.07) is 13.5. The second-order valence-corrected chi connectivity index (χ2v) is 9.59. The van der Waals surface area contributed by atoms with Gasteiger partial charge in [-0.1, -0.05) is 12.1 Å². The van der Waals surface area contributed by atoms with Crippen LogP contribution in [-0.4, -0.2) is 9.91 Å². The third kappa shape index (κ3) is 2.79. The van der Waals surface area contributed by atoms with Crippen molar-refractivity contribution in [3.05, 3.63) is 70.5 Å². The van der Waals surface area contributed by atoms with E-state index in [0.717, 1.165) is 23.5 Å². The lowest BCUT2D eigenvalue weighted by Gasteiger charge is -2.57. The van der Waals surface area contributed by atoms with Gasteiger partial charge in [-0.2, -0.15) is 0 Å². The van der Waals surface area contributed by atoms with E-state index in [1.165, 1.54) is 56.4 Å². The van der Waals surface area contributed by atoms with E-state index >= 15 is 0 Å². The van der Waals surface area contributed by atoms with Gasteiger partial charge in [0, 0.05) is 23.8 Å². The molecular formula is C25H24N2O3. The standard InChI is InChI=1S/C25H24N2O3/c28-27(29)23-5-6-24(21-7-8-26-15-22(21)23)30-20-3-1-19(2-4-20)25-12-16-9-17(13-25)11-18(10-16)14-25/h1-8,15-18H,9-14H2. The molecule has 5 heteroatoms. The maximum Gasteiger partial charge on any atom is 0.279 e. The number of rotatable bonds is 4. The van der Waals surface area contributed by atoms with Crippen LogP contribution in [0.4, 0.5) is 5.69 Å². The van der Waals surface area contributed by atoms with Gasteiger partial charge in [0.1, 0.15) is 11.5 Å². The first-order valence-electron chi connectivity index (χ1n) is 10.9. The Morgan fingerprint density at radius 2 is 1.57 bits per heavy atom. The average molecular weight is 400 g/mol. The van der Waals surface area contributed by atoms with Crippen molar-refractivity contribution in [3.63, 3.8) is 0 Å². The van der Waals surface area contributed by atoms with Crippen LogP contribution in [-0.2, 0) is 5.41 Å². The van der Waals surface area contributed by atoms with Gasteiger partial charge in [-0.25, -0.2) is 0 Å². The highest BCUT2D eigenvalue weighted by Crippen LogP contribution is 2.60. The smallest absolute Gasteiger partial charge is 0.279 e. The van der Waals surface area contributed by atoms with E-state index in [1.54, 1.807) is 18.3 Å². The fourth-order valence-corrected chi connectivity index (χ4v) is 6.86. The largest absolute Gasteiger partial charge is 0.457 e. The van der Waals surface area contributed by atoms with Gasteiger partial charge in [-0.3, -0.25) is 15.1 Å². The van der Waals surface area contributed by atoms with E-state index in [0.29, 0.717) is 21.9 Å². The van der Waals surface area contributed by atoms with Crippen LogP contribution in [0.25, 0.3) is 10.8 Å². The van der Waals surface area contributed by atoms with Gasteiger partial charge in [-0.05, 0) is 91.5 Å². The first kappa shape index (κ1) is 17.9. The molecule has 0 amide bonds. The SMILES string of the molecule is O=[N+]([O-])c1ccc(Oc2ccc(C34CC5CC(CC(C5)C3)C4)cc2)c2ccncc12. The Hall–Kier alpha value is -2.95. The molecule has 0 atom stereocenters. The van der Waals surface area contributed by atoms with E-state index < -0.39 is 0 Å². The van der Waals surface area contributed by atoms with Gasteiger partial charge in [0.25, 0.3) is 5.69 Å². The summed E-state index contributed by atoms with van der Waals surface area (Å²) in [6.45, 7) is 0. The molecule has 1 heterocycles. The van der Waals surface area contributed by atoms with E-state index in [-0.39, 0.29) is 10.6 Å². The number of ether oxygens (including phenoxy) is 1. The first-order chi connectivity index (χ1) is 14.6. The maximum absolute atomic E-state index is 11.3. The van der Waals surface area contributed by atoms with Crippen LogP contribution >= 0.6 is 0 Å². The Bertz CT molecular complexity index is 1100. The van der Waals surface area contributed by atoms with Crippen LogP contribution in [0.15, 0.2) is 54.9 Å². The van der Waals surface area contributed by atoms with Gasteiger partial charge >= 0.3 is 0 Å². The minimum atomic E-state index is -0.381. The lowest BCUT2D eigenvalue weighted by molar-refractivity contribution is -0.383. The van der Waals surface area contributed by atoms with E-state index in [2.05, 4.69) is 29.2 Å². The molecule has 4 bridgehead atoms. The van der Waals surface area contributed by atoms with Crippen LogP contribution in [0.5, 0.6) is 11.5 Å². The lowest BCUT2D eigenvalue weighted by atomic mass is 9.48. The number of nitro groups is 1. The fraction of sp³-hybridized carbons (Fsp3) is 0.400. The molecule has 4 fully saturated rings. The van der Waals surface area contributed by atoms with Crippen LogP contribution < -0.4 is 4.74 Å². The van der Waals surface area contributed by atoms with Crippen LogP contribution in [0, 0.1) is 27.9 Å². The predicted octanol–water partition coefficient (Wildman–Crippen LogP) is 6.40. The minimum Gasteiger partial charge on any atom is -0.457 e. The predicted molar refractivity (Wildman–Crippen MR) is 115 cm³/mol. The summed E-state index contributed by atoms with van der Waals surface area (Å²) in [7, 11) is 0. The topological polar surface area (TPSA) is 65.3 Å². The Morgan fingerprint density at radius 3 is 2.20 bits per heavy atom. The molecule has 4 aliphatic rings. The second kappa shape index (κ2) is 6.53. The molecular weight excluding hydrogens is 376 g/mol. The van der Waals surface area contributed by atoms with Crippen molar-refractivity contribution < 1.29 is 9.66 Å². The van der Waals surface area contributed by atoms with Crippen LogP contribution in [0.1, 0.15) is 44.1 Å². The van der Waals surface area contributed by atoms with Gasteiger partial charge < -0.3 is 4.74 Å². The number of pyridine rings is 1.